The van der Waals surface area contributed by atoms with Crippen molar-refractivity contribution in [3.05, 3.63) is 24.3 Å². The first kappa shape index (κ1) is 16.8. The summed E-state index contributed by atoms with van der Waals surface area (Å²) in [4.78, 5) is 24.0. The quantitative estimate of drug-likeness (QED) is 0.712. The van der Waals surface area contributed by atoms with Crippen LogP contribution < -0.4 is 10.1 Å². The Morgan fingerprint density at radius 2 is 2.05 bits per heavy atom. The third kappa shape index (κ3) is 6.13. The number of hydrogen-bond donors (Lipinski definition) is 2. The van der Waals surface area contributed by atoms with Gasteiger partial charge in [-0.25, -0.2) is 9.59 Å². The van der Waals surface area contributed by atoms with Gasteiger partial charge >= 0.3 is 12.0 Å². The van der Waals surface area contributed by atoms with E-state index >= 15 is 0 Å². The molecule has 2 amide bonds. The lowest BCUT2D eigenvalue weighted by Gasteiger charge is -2.19. The fourth-order valence-corrected chi connectivity index (χ4v) is 1.59. The second kappa shape index (κ2) is 8.80. The first-order valence-electron chi connectivity index (χ1n) is 6.49. The summed E-state index contributed by atoms with van der Waals surface area (Å²) in [7, 11) is 3.28. The van der Waals surface area contributed by atoms with Gasteiger partial charge in [-0.05, 0) is 18.6 Å². The fraction of sp³-hybridized carbons (Fsp3) is 0.429. The SMILES string of the molecule is COCCCN(C)C(=O)Nc1ccccc1OCC(=O)O. The molecule has 0 saturated heterocycles. The minimum Gasteiger partial charge on any atom is -0.480 e. The molecule has 1 aromatic rings. The summed E-state index contributed by atoms with van der Waals surface area (Å²) >= 11 is 0. The Bertz CT molecular complexity index is 478. The van der Waals surface area contributed by atoms with E-state index in [1.165, 1.54) is 4.90 Å². The van der Waals surface area contributed by atoms with Crippen molar-refractivity contribution in [1.82, 2.24) is 4.90 Å². The van der Waals surface area contributed by atoms with Crippen LogP contribution in [0.4, 0.5) is 10.5 Å². The lowest BCUT2D eigenvalue weighted by atomic mass is 10.3. The molecule has 0 bridgehead atoms. The van der Waals surface area contributed by atoms with E-state index in [4.69, 9.17) is 14.6 Å². The van der Waals surface area contributed by atoms with Gasteiger partial charge in [0, 0.05) is 27.3 Å². The molecule has 0 fully saturated rings. The first-order chi connectivity index (χ1) is 10.0. The summed E-state index contributed by atoms with van der Waals surface area (Å²) in [6.45, 7) is 0.671. The summed E-state index contributed by atoms with van der Waals surface area (Å²) in [6, 6.07) is 6.39. The van der Waals surface area contributed by atoms with Gasteiger partial charge in [0.1, 0.15) is 5.75 Å². The maximum atomic E-state index is 12.0. The van der Waals surface area contributed by atoms with Crippen LogP contribution in [0.5, 0.6) is 5.75 Å². The van der Waals surface area contributed by atoms with Crippen molar-refractivity contribution in [1.29, 1.82) is 0 Å². The summed E-state index contributed by atoms with van der Waals surface area (Å²) in [6.07, 6.45) is 0.734. The number of urea groups is 1. The Morgan fingerprint density at radius 3 is 2.71 bits per heavy atom. The van der Waals surface area contributed by atoms with Gasteiger partial charge in [-0.15, -0.1) is 0 Å². The summed E-state index contributed by atoms with van der Waals surface area (Å²) in [5.74, 6) is -0.758. The molecule has 0 radical (unpaired) electrons. The van der Waals surface area contributed by atoms with Crippen LogP contribution >= 0.6 is 0 Å². The number of ether oxygens (including phenoxy) is 2. The Hall–Kier alpha value is -2.28. The van der Waals surface area contributed by atoms with Crippen LogP contribution in [0.2, 0.25) is 0 Å². The number of nitrogens with one attached hydrogen (secondary N) is 1. The topological polar surface area (TPSA) is 88.1 Å². The van der Waals surface area contributed by atoms with E-state index in [1.807, 2.05) is 0 Å². The molecule has 0 aliphatic rings. The van der Waals surface area contributed by atoms with Crippen LogP contribution in [0.25, 0.3) is 0 Å². The number of anilines is 1. The highest BCUT2D eigenvalue weighted by Gasteiger charge is 2.12. The molecule has 7 heteroatoms. The predicted molar refractivity (Wildman–Crippen MR) is 77.7 cm³/mol. The number of nitrogens with zero attached hydrogens (tertiary/aromatic N) is 1. The molecule has 0 unspecified atom stereocenters. The number of carboxylic acids is 1. The van der Waals surface area contributed by atoms with Gasteiger partial charge in [-0.2, -0.15) is 0 Å². The number of carboxylic acid groups (broad SMARTS) is 1. The van der Waals surface area contributed by atoms with E-state index in [9.17, 15) is 9.59 Å². The van der Waals surface area contributed by atoms with Crippen molar-refractivity contribution in [2.45, 2.75) is 6.42 Å². The average Bonchev–Trinajstić information content (AvgIpc) is 2.46. The highest BCUT2D eigenvalue weighted by molar-refractivity contribution is 5.90. The molecule has 0 heterocycles. The molecule has 116 valence electrons. The second-order valence-electron chi connectivity index (χ2n) is 4.38. The lowest BCUT2D eigenvalue weighted by Crippen LogP contribution is -2.32. The van der Waals surface area contributed by atoms with Crippen LogP contribution in [-0.4, -0.2) is 55.9 Å². The highest BCUT2D eigenvalue weighted by Crippen LogP contribution is 2.23. The minimum absolute atomic E-state index is 0.294. The van der Waals surface area contributed by atoms with Crippen molar-refractivity contribution in [3.63, 3.8) is 0 Å². The second-order valence-corrected chi connectivity index (χ2v) is 4.38. The van der Waals surface area contributed by atoms with E-state index in [2.05, 4.69) is 5.32 Å². The zero-order valence-electron chi connectivity index (χ0n) is 12.2. The molecule has 0 atom stereocenters. The zero-order valence-corrected chi connectivity index (χ0v) is 12.2. The number of para-hydroxylation sites is 2. The number of benzene rings is 1. The number of rotatable bonds is 8. The van der Waals surface area contributed by atoms with Gasteiger partial charge in [0.25, 0.3) is 0 Å². The van der Waals surface area contributed by atoms with Crippen molar-refractivity contribution < 1.29 is 24.2 Å². The van der Waals surface area contributed by atoms with E-state index in [-0.39, 0.29) is 6.03 Å². The van der Waals surface area contributed by atoms with Crippen molar-refractivity contribution in [2.24, 2.45) is 0 Å². The monoisotopic (exact) mass is 296 g/mol. The molecule has 7 nitrogen and oxygen atoms in total. The van der Waals surface area contributed by atoms with Crippen LogP contribution in [-0.2, 0) is 9.53 Å². The summed E-state index contributed by atoms with van der Waals surface area (Å²) in [5.41, 5.74) is 0.433. The normalized spacial score (nSPS) is 10.0. The summed E-state index contributed by atoms with van der Waals surface area (Å²) in [5, 5.41) is 11.3. The Morgan fingerprint density at radius 1 is 1.33 bits per heavy atom. The average molecular weight is 296 g/mol. The van der Waals surface area contributed by atoms with Gasteiger partial charge in [0.2, 0.25) is 0 Å². The van der Waals surface area contributed by atoms with Crippen LogP contribution in [0.3, 0.4) is 0 Å². The number of hydrogen-bond acceptors (Lipinski definition) is 4. The van der Waals surface area contributed by atoms with Crippen LogP contribution in [0, 0.1) is 0 Å². The standard InChI is InChI=1S/C14H20N2O5/c1-16(8-5-9-20-2)14(19)15-11-6-3-4-7-12(11)21-10-13(17)18/h3-4,6-7H,5,8-10H2,1-2H3,(H,15,19)(H,17,18). The van der Waals surface area contributed by atoms with Crippen molar-refractivity contribution >= 4 is 17.7 Å². The first-order valence-corrected chi connectivity index (χ1v) is 6.49. The lowest BCUT2D eigenvalue weighted by molar-refractivity contribution is -0.139. The van der Waals surface area contributed by atoms with Gasteiger partial charge in [0.05, 0.1) is 5.69 Å². The van der Waals surface area contributed by atoms with E-state index in [0.29, 0.717) is 24.6 Å². The van der Waals surface area contributed by atoms with Crippen molar-refractivity contribution in [3.8, 4) is 5.75 Å². The molecule has 1 rings (SSSR count). The number of carbonyl (C=O) groups excluding carboxylic acids is 1. The minimum atomic E-state index is -1.08. The Balaban J connectivity index is 2.60. The Kier molecular flexibility index (Phi) is 7.03. The predicted octanol–water partition coefficient (Wildman–Crippen LogP) is 1.65. The molecule has 0 spiro atoms. The number of amides is 2. The Labute approximate surface area is 123 Å². The molecule has 0 saturated carbocycles. The fourth-order valence-electron chi connectivity index (χ4n) is 1.59. The molecular weight excluding hydrogens is 276 g/mol. The third-order valence-electron chi connectivity index (χ3n) is 2.67. The maximum absolute atomic E-state index is 12.0. The molecule has 0 aliphatic heterocycles. The molecular formula is C14H20N2O5. The van der Waals surface area contributed by atoms with Crippen LogP contribution in [0.15, 0.2) is 24.3 Å². The van der Waals surface area contributed by atoms with Gasteiger partial charge < -0.3 is 24.8 Å². The highest BCUT2D eigenvalue weighted by atomic mass is 16.5. The number of aliphatic carboxylic acids is 1. The van der Waals surface area contributed by atoms with Crippen molar-refractivity contribution in [2.75, 3.05) is 39.2 Å². The van der Waals surface area contributed by atoms with E-state index in [1.54, 1.807) is 38.4 Å². The zero-order chi connectivity index (χ0) is 15.7. The number of carbonyl (C=O) groups is 2. The molecule has 1 aromatic carbocycles. The number of methoxy groups -OCH3 is 1. The van der Waals surface area contributed by atoms with Crippen LogP contribution in [0.1, 0.15) is 6.42 Å². The van der Waals surface area contributed by atoms with Gasteiger partial charge in [-0.3, -0.25) is 0 Å². The molecule has 2 N–H and O–H groups in total. The molecule has 0 aliphatic carbocycles. The largest absolute Gasteiger partial charge is 0.480 e. The van der Waals surface area contributed by atoms with Gasteiger partial charge in [-0.1, -0.05) is 12.1 Å². The smallest absolute Gasteiger partial charge is 0.341 e. The maximum Gasteiger partial charge on any atom is 0.341 e. The third-order valence-corrected chi connectivity index (χ3v) is 2.67. The van der Waals surface area contributed by atoms with E-state index < -0.39 is 12.6 Å². The summed E-state index contributed by atoms with van der Waals surface area (Å²) < 4.78 is 10.1. The molecule has 21 heavy (non-hydrogen) atoms. The van der Waals surface area contributed by atoms with Gasteiger partial charge in [0.15, 0.2) is 6.61 Å². The molecule has 0 aromatic heterocycles. The van der Waals surface area contributed by atoms with E-state index in [0.717, 1.165) is 6.42 Å².